The van der Waals surface area contributed by atoms with E-state index in [0.717, 1.165) is 57.9 Å². The van der Waals surface area contributed by atoms with Crippen LogP contribution in [0.4, 0.5) is 11.4 Å². The number of nitrogens with zero attached hydrogens (tertiary/aromatic N) is 3. The van der Waals surface area contributed by atoms with Crippen molar-refractivity contribution in [2.45, 2.75) is 18.8 Å². The normalized spacial score (nSPS) is 18.8. The highest BCUT2D eigenvalue weighted by Crippen LogP contribution is 2.27. The molecule has 2 fully saturated rings. The average Bonchev–Trinajstić information content (AvgIpc) is 2.76. The summed E-state index contributed by atoms with van der Waals surface area (Å²) in [6, 6.07) is 12.3. The summed E-state index contributed by atoms with van der Waals surface area (Å²) < 4.78 is 5.40. The average molecular weight is 380 g/mol. The van der Waals surface area contributed by atoms with Crippen LogP contribution in [0.15, 0.2) is 48.8 Å². The van der Waals surface area contributed by atoms with E-state index in [1.807, 2.05) is 24.5 Å². The number of carbonyl (C=O) groups is 1. The smallest absolute Gasteiger partial charge is 0.238 e. The molecular weight excluding hydrogens is 352 g/mol. The minimum Gasteiger partial charge on any atom is -0.378 e. The molecule has 6 heteroatoms. The molecule has 1 amide bonds. The minimum atomic E-state index is 0.0569. The van der Waals surface area contributed by atoms with Crippen molar-refractivity contribution in [3.63, 3.8) is 0 Å². The Bertz CT molecular complexity index is 752. The maximum absolute atomic E-state index is 12.4. The van der Waals surface area contributed by atoms with Crippen LogP contribution in [-0.2, 0) is 9.53 Å². The second kappa shape index (κ2) is 9.17. The molecule has 1 aromatic carbocycles. The largest absolute Gasteiger partial charge is 0.378 e. The number of hydrogen-bond donors (Lipinski definition) is 1. The Balaban J connectivity index is 1.23. The summed E-state index contributed by atoms with van der Waals surface area (Å²) in [5, 5.41) is 3.03. The molecule has 0 unspecified atom stereocenters. The molecule has 28 heavy (non-hydrogen) atoms. The standard InChI is InChI=1S/C22H28N4O2/c27-22(17-25-11-7-19(8-12-25)18-5-9-23-10-6-18)24-20-1-3-21(4-2-20)26-13-15-28-16-14-26/h1-6,9-10,19H,7-8,11-17H2,(H,24,27). The predicted octanol–water partition coefficient (Wildman–Crippen LogP) is 2.74. The maximum Gasteiger partial charge on any atom is 0.238 e. The van der Waals surface area contributed by atoms with E-state index in [0.29, 0.717) is 12.5 Å². The van der Waals surface area contributed by atoms with Gasteiger partial charge in [-0.25, -0.2) is 0 Å². The third-order valence-corrected chi connectivity index (χ3v) is 5.66. The Morgan fingerprint density at radius 3 is 2.36 bits per heavy atom. The molecule has 2 aromatic rings. The van der Waals surface area contributed by atoms with Crippen molar-refractivity contribution in [3.8, 4) is 0 Å². The van der Waals surface area contributed by atoms with Crippen molar-refractivity contribution in [2.75, 3.05) is 56.2 Å². The fraction of sp³-hybridized carbons (Fsp3) is 0.455. The molecule has 6 nitrogen and oxygen atoms in total. The van der Waals surface area contributed by atoms with Gasteiger partial charge in [0.05, 0.1) is 19.8 Å². The summed E-state index contributed by atoms with van der Waals surface area (Å²) >= 11 is 0. The summed E-state index contributed by atoms with van der Waals surface area (Å²) in [5.41, 5.74) is 3.40. The molecule has 1 aromatic heterocycles. The Labute approximate surface area is 166 Å². The van der Waals surface area contributed by atoms with Gasteiger partial charge in [-0.3, -0.25) is 14.7 Å². The Morgan fingerprint density at radius 2 is 1.68 bits per heavy atom. The van der Waals surface area contributed by atoms with Crippen molar-refractivity contribution >= 4 is 17.3 Å². The Kier molecular flexibility index (Phi) is 6.19. The second-order valence-electron chi connectivity index (χ2n) is 7.53. The second-order valence-corrected chi connectivity index (χ2v) is 7.53. The van der Waals surface area contributed by atoms with Gasteiger partial charge < -0.3 is 15.0 Å². The molecule has 148 valence electrons. The highest BCUT2D eigenvalue weighted by atomic mass is 16.5. The van der Waals surface area contributed by atoms with Crippen molar-refractivity contribution in [1.29, 1.82) is 0 Å². The number of carbonyl (C=O) groups excluding carboxylic acids is 1. The molecule has 2 aliphatic rings. The molecular formula is C22H28N4O2. The Morgan fingerprint density at radius 1 is 1.00 bits per heavy atom. The first kappa shape index (κ1) is 18.9. The monoisotopic (exact) mass is 380 g/mol. The zero-order valence-corrected chi connectivity index (χ0v) is 16.2. The zero-order valence-electron chi connectivity index (χ0n) is 16.2. The maximum atomic E-state index is 12.4. The van der Waals surface area contributed by atoms with E-state index in [-0.39, 0.29) is 5.91 Å². The summed E-state index contributed by atoms with van der Waals surface area (Å²) in [5.74, 6) is 0.636. The lowest BCUT2D eigenvalue weighted by molar-refractivity contribution is -0.117. The van der Waals surface area contributed by atoms with Crippen LogP contribution in [0.5, 0.6) is 0 Å². The van der Waals surface area contributed by atoms with Crippen molar-refractivity contribution < 1.29 is 9.53 Å². The molecule has 2 saturated heterocycles. The molecule has 0 radical (unpaired) electrons. The molecule has 0 saturated carbocycles. The number of aromatic nitrogens is 1. The van der Waals surface area contributed by atoms with Crippen LogP contribution in [0.3, 0.4) is 0 Å². The summed E-state index contributed by atoms with van der Waals surface area (Å²) in [6.45, 7) is 5.75. The third kappa shape index (κ3) is 4.88. The molecule has 4 rings (SSSR count). The molecule has 0 aliphatic carbocycles. The highest BCUT2D eigenvalue weighted by molar-refractivity contribution is 5.92. The predicted molar refractivity (Wildman–Crippen MR) is 111 cm³/mol. The number of nitrogens with one attached hydrogen (secondary N) is 1. The number of ether oxygens (including phenoxy) is 1. The number of morpholine rings is 1. The van der Waals surface area contributed by atoms with Gasteiger partial charge in [-0.05, 0) is 73.8 Å². The number of likely N-dealkylation sites (tertiary alicyclic amines) is 1. The molecule has 0 atom stereocenters. The van der Waals surface area contributed by atoms with Gasteiger partial charge in [0.1, 0.15) is 0 Å². The topological polar surface area (TPSA) is 57.7 Å². The first-order valence-corrected chi connectivity index (χ1v) is 10.1. The van der Waals surface area contributed by atoms with Gasteiger partial charge in [0.25, 0.3) is 0 Å². The van der Waals surface area contributed by atoms with Crippen molar-refractivity contribution in [2.24, 2.45) is 0 Å². The number of hydrogen-bond acceptors (Lipinski definition) is 5. The van der Waals surface area contributed by atoms with Gasteiger partial charge in [0.15, 0.2) is 0 Å². The summed E-state index contributed by atoms with van der Waals surface area (Å²) in [7, 11) is 0. The molecule has 3 heterocycles. The SMILES string of the molecule is O=C(CN1CCC(c2ccncc2)CC1)Nc1ccc(N2CCOCC2)cc1. The van der Waals surface area contributed by atoms with Gasteiger partial charge in [0.2, 0.25) is 5.91 Å². The summed E-state index contributed by atoms with van der Waals surface area (Å²) in [6.07, 6.45) is 5.90. The van der Waals surface area contributed by atoms with Crippen LogP contribution < -0.4 is 10.2 Å². The molecule has 0 spiro atoms. The lowest BCUT2D eigenvalue weighted by Crippen LogP contribution is -2.38. The van der Waals surface area contributed by atoms with Crippen LogP contribution in [0.1, 0.15) is 24.3 Å². The van der Waals surface area contributed by atoms with E-state index in [9.17, 15) is 4.79 Å². The van der Waals surface area contributed by atoms with E-state index in [2.05, 4.69) is 44.4 Å². The molecule has 1 N–H and O–H groups in total. The number of piperidine rings is 1. The number of pyridine rings is 1. The van der Waals surface area contributed by atoms with E-state index in [1.165, 1.54) is 11.3 Å². The fourth-order valence-electron chi connectivity index (χ4n) is 4.04. The number of anilines is 2. The fourth-order valence-corrected chi connectivity index (χ4v) is 4.04. The van der Waals surface area contributed by atoms with E-state index in [4.69, 9.17) is 4.74 Å². The third-order valence-electron chi connectivity index (χ3n) is 5.66. The van der Waals surface area contributed by atoms with Gasteiger partial charge >= 0.3 is 0 Å². The lowest BCUT2D eigenvalue weighted by Gasteiger charge is -2.31. The first-order chi connectivity index (χ1) is 13.8. The Hall–Kier alpha value is -2.44. The van der Waals surface area contributed by atoms with Crippen LogP contribution in [-0.4, -0.2) is 61.7 Å². The van der Waals surface area contributed by atoms with Gasteiger partial charge in [0, 0.05) is 36.9 Å². The first-order valence-electron chi connectivity index (χ1n) is 10.1. The highest BCUT2D eigenvalue weighted by Gasteiger charge is 2.22. The van der Waals surface area contributed by atoms with E-state index >= 15 is 0 Å². The number of rotatable bonds is 5. The quantitative estimate of drug-likeness (QED) is 0.864. The van der Waals surface area contributed by atoms with Crippen LogP contribution in [0.2, 0.25) is 0 Å². The van der Waals surface area contributed by atoms with Crippen LogP contribution in [0, 0.1) is 0 Å². The van der Waals surface area contributed by atoms with Crippen LogP contribution >= 0.6 is 0 Å². The number of amides is 1. The van der Waals surface area contributed by atoms with Crippen LogP contribution in [0.25, 0.3) is 0 Å². The van der Waals surface area contributed by atoms with Crippen molar-refractivity contribution in [1.82, 2.24) is 9.88 Å². The summed E-state index contributed by atoms with van der Waals surface area (Å²) in [4.78, 5) is 21.1. The zero-order chi connectivity index (χ0) is 19.2. The lowest BCUT2D eigenvalue weighted by atomic mass is 9.90. The minimum absolute atomic E-state index is 0.0569. The number of benzene rings is 1. The van der Waals surface area contributed by atoms with Gasteiger partial charge in [-0.2, -0.15) is 0 Å². The van der Waals surface area contributed by atoms with Gasteiger partial charge in [-0.1, -0.05) is 0 Å². The van der Waals surface area contributed by atoms with Crippen molar-refractivity contribution in [3.05, 3.63) is 54.4 Å². The van der Waals surface area contributed by atoms with Gasteiger partial charge in [-0.15, -0.1) is 0 Å². The van der Waals surface area contributed by atoms with E-state index < -0.39 is 0 Å². The molecule has 2 aliphatic heterocycles. The van der Waals surface area contributed by atoms with E-state index in [1.54, 1.807) is 0 Å². The molecule has 0 bridgehead atoms.